The van der Waals surface area contributed by atoms with Crippen molar-refractivity contribution in [3.63, 3.8) is 0 Å². The maximum Gasteiger partial charge on any atom is 0.244 e. The van der Waals surface area contributed by atoms with E-state index in [0.717, 1.165) is 49.1 Å². The topological polar surface area (TPSA) is 70.3 Å². The molecule has 5 nitrogen and oxygen atoms in total. The molecule has 1 aromatic heterocycles. The van der Waals surface area contributed by atoms with Crippen molar-refractivity contribution in [3.05, 3.63) is 16.8 Å². The lowest BCUT2D eigenvalue weighted by Gasteiger charge is -2.23. The third-order valence-electron chi connectivity index (χ3n) is 3.74. The summed E-state index contributed by atoms with van der Waals surface area (Å²) in [7, 11) is 0. The summed E-state index contributed by atoms with van der Waals surface area (Å²) in [6.45, 7) is 5.38. The van der Waals surface area contributed by atoms with Crippen molar-refractivity contribution in [1.29, 1.82) is 0 Å². The Bertz CT molecular complexity index is 502. The average molecular weight is 309 g/mol. The molecule has 0 spiro atoms. The van der Waals surface area contributed by atoms with E-state index in [0.29, 0.717) is 17.5 Å². The molecule has 1 aliphatic rings. The normalized spacial score (nSPS) is 18.5. The van der Waals surface area contributed by atoms with Gasteiger partial charge in [-0.25, -0.2) is 0 Å². The van der Waals surface area contributed by atoms with Crippen molar-refractivity contribution in [2.45, 2.75) is 52.1 Å². The molecule has 2 rings (SSSR count). The highest BCUT2D eigenvalue weighted by molar-refractivity contribution is 7.80. The largest absolute Gasteiger partial charge is 0.473 e. The van der Waals surface area contributed by atoms with Crippen LogP contribution < -0.4 is 10.5 Å². The highest BCUT2D eigenvalue weighted by Gasteiger charge is 2.20. The molecule has 1 atom stereocenters. The van der Waals surface area contributed by atoms with Gasteiger partial charge in [0, 0.05) is 6.61 Å². The first-order chi connectivity index (χ1) is 10.2. The second kappa shape index (κ2) is 7.66. The second-order valence-corrected chi connectivity index (χ2v) is 5.62. The van der Waals surface area contributed by atoms with E-state index in [1.807, 2.05) is 6.92 Å². The van der Waals surface area contributed by atoms with Crippen LogP contribution in [0.3, 0.4) is 0 Å². The maximum absolute atomic E-state index is 5.88. The Kier molecular flexibility index (Phi) is 5.87. The van der Waals surface area contributed by atoms with Crippen LogP contribution in [-0.2, 0) is 17.6 Å². The van der Waals surface area contributed by atoms with E-state index in [4.69, 9.17) is 27.4 Å². The third kappa shape index (κ3) is 3.89. The maximum atomic E-state index is 5.88. The number of aryl methyl sites for hydroxylation is 1. The summed E-state index contributed by atoms with van der Waals surface area (Å²) in [4.78, 5) is 0.316. The molecule has 21 heavy (non-hydrogen) atoms. The molecule has 2 heterocycles. The Labute approximate surface area is 131 Å². The molecule has 6 heteroatoms. The summed E-state index contributed by atoms with van der Waals surface area (Å²) in [5, 5.41) is 8.41. The smallest absolute Gasteiger partial charge is 0.244 e. The molecule has 0 saturated carbocycles. The van der Waals surface area contributed by atoms with Crippen LogP contribution in [0, 0.1) is 0 Å². The second-order valence-electron chi connectivity index (χ2n) is 5.18. The van der Waals surface area contributed by atoms with E-state index in [-0.39, 0.29) is 6.10 Å². The van der Waals surface area contributed by atoms with E-state index < -0.39 is 0 Å². The van der Waals surface area contributed by atoms with Crippen LogP contribution in [0.5, 0.6) is 5.88 Å². The van der Waals surface area contributed by atoms with Crippen LogP contribution in [0.25, 0.3) is 0 Å². The molecule has 1 saturated heterocycles. The van der Waals surface area contributed by atoms with Gasteiger partial charge in [0.15, 0.2) is 0 Å². The number of nitrogens with two attached hydrogens (primary N) is 1. The molecule has 0 bridgehead atoms. The molecule has 1 unspecified atom stereocenters. The Morgan fingerprint density at radius 3 is 2.71 bits per heavy atom. The first kappa shape index (κ1) is 16.1. The quantitative estimate of drug-likeness (QED) is 0.812. The molecule has 0 aliphatic carbocycles. The van der Waals surface area contributed by atoms with Crippen LogP contribution in [0.15, 0.2) is 0 Å². The molecule has 0 aromatic carbocycles. The monoisotopic (exact) mass is 309 g/mol. The van der Waals surface area contributed by atoms with Gasteiger partial charge in [-0.3, -0.25) is 0 Å². The SMILES string of the molecule is CCc1nnc(OCC2CCCCO2)c(C(N)=S)c1CC. The molecule has 116 valence electrons. The van der Waals surface area contributed by atoms with E-state index in [2.05, 4.69) is 17.1 Å². The van der Waals surface area contributed by atoms with E-state index in [1.165, 1.54) is 6.42 Å². The zero-order chi connectivity index (χ0) is 15.2. The lowest BCUT2D eigenvalue weighted by Crippen LogP contribution is -2.27. The number of thiocarbonyl (C=S) groups is 1. The van der Waals surface area contributed by atoms with Gasteiger partial charge >= 0.3 is 0 Å². The van der Waals surface area contributed by atoms with Gasteiger partial charge in [0.25, 0.3) is 0 Å². The molecule has 2 N–H and O–H groups in total. The van der Waals surface area contributed by atoms with E-state index in [9.17, 15) is 0 Å². The summed E-state index contributed by atoms with van der Waals surface area (Å²) >= 11 is 5.18. The highest BCUT2D eigenvalue weighted by Crippen LogP contribution is 2.23. The van der Waals surface area contributed by atoms with Crippen molar-refractivity contribution in [2.24, 2.45) is 5.73 Å². The molecule has 1 aromatic rings. The van der Waals surface area contributed by atoms with Crippen LogP contribution in [-0.4, -0.2) is 34.5 Å². The summed E-state index contributed by atoms with van der Waals surface area (Å²) < 4.78 is 11.5. The predicted octanol–water partition coefficient (Wildman–Crippen LogP) is 2.18. The Hall–Kier alpha value is -1.27. The number of hydrogen-bond donors (Lipinski definition) is 1. The molecule has 0 radical (unpaired) electrons. The number of rotatable bonds is 6. The minimum absolute atomic E-state index is 0.121. The fraction of sp³-hybridized carbons (Fsp3) is 0.667. The van der Waals surface area contributed by atoms with Crippen LogP contribution in [0.1, 0.15) is 49.9 Å². The van der Waals surface area contributed by atoms with E-state index >= 15 is 0 Å². The average Bonchev–Trinajstić information content (AvgIpc) is 2.52. The lowest BCUT2D eigenvalue weighted by atomic mass is 10.0. The fourth-order valence-electron chi connectivity index (χ4n) is 2.62. The van der Waals surface area contributed by atoms with Gasteiger partial charge < -0.3 is 15.2 Å². The van der Waals surface area contributed by atoms with Crippen molar-refractivity contribution < 1.29 is 9.47 Å². The third-order valence-corrected chi connectivity index (χ3v) is 3.94. The summed E-state index contributed by atoms with van der Waals surface area (Å²) in [6, 6.07) is 0. The van der Waals surface area contributed by atoms with Gasteiger partial charge in [0.2, 0.25) is 5.88 Å². The zero-order valence-corrected chi connectivity index (χ0v) is 13.5. The fourth-order valence-corrected chi connectivity index (χ4v) is 2.83. The highest BCUT2D eigenvalue weighted by atomic mass is 32.1. The molecular formula is C15H23N3O2S. The minimum Gasteiger partial charge on any atom is -0.473 e. The first-order valence-corrected chi connectivity index (χ1v) is 8.00. The number of aromatic nitrogens is 2. The Morgan fingerprint density at radius 2 is 2.14 bits per heavy atom. The molecule has 1 fully saturated rings. The minimum atomic E-state index is 0.121. The van der Waals surface area contributed by atoms with Crippen molar-refractivity contribution in [1.82, 2.24) is 10.2 Å². The van der Waals surface area contributed by atoms with Gasteiger partial charge in [-0.05, 0) is 37.7 Å². The van der Waals surface area contributed by atoms with Gasteiger partial charge in [0.05, 0.1) is 17.4 Å². The number of hydrogen-bond acceptors (Lipinski definition) is 5. The zero-order valence-electron chi connectivity index (χ0n) is 12.7. The van der Waals surface area contributed by atoms with Gasteiger partial charge in [-0.15, -0.1) is 5.10 Å². The lowest BCUT2D eigenvalue weighted by molar-refractivity contribution is -0.0121. The van der Waals surface area contributed by atoms with Gasteiger partial charge in [-0.1, -0.05) is 26.1 Å². The molecule has 0 amide bonds. The van der Waals surface area contributed by atoms with E-state index in [1.54, 1.807) is 0 Å². The molecular weight excluding hydrogens is 286 g/mol. The van der Waals surface area contributed by atoms with Crippen LogP contribution in [0.2, 0.25) is 0 Å². The van der Waals surface area contributed by atoms with Crippen molar-refractivity contribution >= 4 is 17.2 Å². The Balaban J connectivity index is 2.19. The van der Waals surface area contributed by atoms with Crippen molar-refractivity contribution in [2.75, 3.05) is 13.2 Å². The Morgan fingerprint density at radius 1 is 1.33 bits per heavy atom. The summed E-state index contributed by atoms with van der Waals surface area (Å²) in [5.74, 6) is 0.436. The molecule has 1 aliphatic heterocycles. The van der Waals surface area contributed by atoms with Gasteiger partial charge in [-0.2, -0.15) is 5.10 Å². The number of ether oxygens (including phenoxy) is 2. The predicted molar refractivity (Wildman–Crippen MR) is 85.8 cm³/mol. The van der Waals surface area contributed by atoms with Gasteiger partial charge in [0.1, 0.15) is 11.6 Å². The standard InChI is InChI=1S/C15H23N3O2S/c1-3-11-12(4-2)17-18-15(13(11)14(16)21)20-9-10-7-5-6-8-19-10/h10H,3-9H2,1-2H3,(H2,16,21). The van der Waals surface area contributed by atoms with Crippen molar-refractivity contribution in [3.8, 4) is 5.88 Å². The van der Waals surface area contributed by atoms with Crippen LogP contribution >= 0.6 is 12.2 Å². The summed E-state index contributed by atoms with van der Waals surface area (Å²) in [6.07, 6.45) is 5.05. The first-order valence-electron chi connectivity index (χ1n) is 7.60. The number of nitrogens with zero attached hydrogens (tertiary/aromatic N) is 2. The summed E-state index contributed by atoms with van der Waals surface area (Å²) in [5.41, 5.74) is 8.58. The van der Waals surface area contributed by atoms with Crippen LogP contribution in [0.4, 0.5) is 0 Å².